The zero-order chi connectivity index (χ0) is 15.5. The molecular weight excluding hydrogens is 353 g/mol. The highest BCUT2D eigenvalue weighted by Crippen LogP contribution is 2.32. The van der Waals surface area contributed by atoms with Gasteiger partial charge in [-0.05, 0) is 12.1 Å². The third-order valence-corrected chi connectivity index (χ3v) is 6.50. The molecule has 1 aliphatic heterocycles. The van der Waals surface area contributed by atoms with Crippen LogP contribution in [0.1, 0.15) is 0 Å². The normalized spacial score (nSPS) is 17.0. The van der Waals surface area contributed by atoms with E-state index in [0.29, 0.717) is 13.1 Å². The van der Waals surface area contributed by atoms with Crippen LogP contribution in [0.15, 0.2) is 17.0 Å². The van der Waals surface area contributed by atoms with E-state index < -0.39 is 10.0 Å². The summed E-state index contributed by atoms with van der Waals surface area (Å²) in [5.41, 5.74) is 5.74. The van der Waals surface area contributed by atoms with E-state index in [1.54, 1.807) is 0 Å². The van der Waals surface area contributed by atoms with Crippen molar-refractivity contribution in [3.05, 3.63) is 22.2 Å². The van der Waals surface area contributed by atoms with Crippen LogP contribution in [0.25, 0.3) is 0 Å². The summed E-state index contributed by atoms with van der Waals surface area (Å²) in [7, 11) is -3.68. The SMILES string of the molecule is Nc1c(Cl)ccc(S(=O)(=O)NCCN2CCSCC2)c1Cl. The second-order valence-corrected chi connectivity index (χ2v) is 8.37. The molecular formula is C12H17Cl2N3O2S2. The largest absolute Gasteiger partial charge is 0.396 e. The van der Waals surface area contributed by atoms with Gasteiger partial charge in [-0.3, -0.25) is 0 Å². The van der Waals surface area contributed by atoms with Gasteiger partial charge < -0.3 is 10.6 Å². The molecule has 0 aliphatic carbocycles. The number of hydrogen-bond donors (Lipinski definition) is 2. The molecule has 1 saturated heterocycles. The molecule has 0 spiro atoms. The minimum Gasteiger partial charge on any atom is -0.396 e. The molecule has 0 aromatic heterocycles. The predicted octanol–water partition coefficient (Wildman–Crippen LogP) is 1.90. The Morgan fingerprint density at radius 3 is 2.62 bits per heavy atom. The molecule has 1 aliphatic rings. The minimum absolute atomic E-state index is 0.0376. The second-order valence-electron chi connectivity index (χ2n) is 4.62. The number of sulfonamides is 1. The Balaban J connectivity index is 2.00. The average Bonchev–Trinajstić information content (AvgIpc) is 2.45. The Kier molecular flexibility index (Phi) is 6.05. The van der Waals surface area contributed by atoms with E-state index in [1.165, 1.54) is 12.1 Å². The third-order valence-electron chi connectivity index (χ3n) is 3.20. The Bertz CT molecular complexity index is 605. The summed E-state index contributed by atoms with van der Waals surface area (Å²) in [5.74, 6) is 2.18. The first-order chi connectivity index (χ1) is 9.92. The maximum absolute atomic E-state index is 12.2. The predicted molar refractivity (Wildman–Crippen MR) is 89.8 cm³/mol. The number of thioether (sulfide) groups is 1. The van der Waals surface area contributed by atoms with E-state index in [4.69, 9.17) is 28.9 Å². The summed E-state index contributed by atoms with van der Waals surface area (Å²) in [6, 6.07) is 2.79. The fraction of sp³-hybridized carbons (Fsp3) is 0.500. The van der Waals surface area contributed by atoms with Crippen LogP contribution in [0, 0.1) is 0 Å². The van der Waals surface area contributed by atoms with E-state index >= 15 is 0 Å². The highest BCUT2D eigenvalue weighted by Gasteiger charge is 2.21. The summed E-state index contributed by atoms with van der Waals surface area (Å²) in [4.78, 5) is 2.19. The van der Waals surface area contributed by atoms with Crippen molar-refractivity contribution in [2.24, 2.45) is 0 Å². The molecule has 9 heteroatoms. The maximum Gasteiger partial charge on any atom is 0.242 e. The van der Waals surface area contributed by atoms with Crippen LogP contribution < -0.4 is 10.5 Å². The number of nitrogen functional groups attached to an aromatic ring is 1. The lowest BCUT2D eigenvalue weighted by Gasteiger charge is -2.26. The number of nitrogens with one attached hydrogen (secondary N) is 1. The average molecular weight is 370 g/mol. The van der Waals surface area contributed by atoms with Crippen LogP contribution in [0.4, 0.5) is 5.69 Å². The number of nitrogens with zero attached hydrogens (tertiary/aromatic N) is 1. The molecule has 0 bridgehead atoms. The van der Waals surface area contributed by atoms with Crippen LogP contribution in [-0.2, 0) is 10.0 Å². The van der Waals surface area contributed by atoms with E-state index in [0.717, 1.165) is 24.6 Å². The minimum atomic E-state index is -3.68. The summed E-state index contributed by atoms with van der Waals surface area (Å²) in [6.07, 6.45) is 0. The molecule has 0 atom stereocenters. The lowest BCUT2D eigenvalue weighted by molar-refractivity contribution is 0.307. The van der Waals surface area contributed by atoms with Crippen LogP contribution in [0.5, 0.6) is 0 Å². The number of hydrogen-bond acceptors (Lipinski definition) is 5. The molecule has 0 unspecified atom stereocenters. The van der Waals surface area contributed by atoms with E-state index in [1.807, 2.05) is 11.8 Å². The van der Waals surface area contributed by atoms with Crippen molar-refractivity contribution < 1.29 is 8.42 Å². The van der Waals surface area contributed by atoms with Gasteiger partial charge in [0.15, 0.2) is 0 Å². The number of halogens is 2. The van der Waals surface area contributed by atoms with Gasteiger partial charge in [-0.1, -0.05) is 23.2 Å². The molecule has 0 radical (unpaired) electrons. The van der Waals surface area contributed by atoms with Crippen molar-refractivity contribution in [1.82, 2.24) is 9.62 Å². The van der Waals surface area contributed by atoms with Crippen molar-refractivity contribution in [2.45, 2.75) is 4.90 Å². The Labute approximate surface area is 139 Å². The molecule has 0 saturated carbocycles. The van der Waals surface area contributed by atoms with E-state index in [-0.39, 0.29) is 20.6 Å². The lowest BCUT2D eigenvalue weighted by atomic mass is 10.3. The number of benzene rings is 1. The highest BCUT2D eigenvalue weighted by molar-refractivity contribution is 7.99. The first-order valence-electron chi connectivity index (χ1n) is 6.45. The number of nitrogens with two attached hydrogens (primary N) is 1. The quantitative estimate of drug-likeness (QED) is 0.775. The second kappa shape index (κ2) is 7.39. The van der Waals surface area contributed by atoms with Gasteiger partial charge in [-0.2, -0.15) is 11.8 Å². The summed E-state index contributed by atoms with van der Waals surface area (Å²) < 4.78 is 27.0. The van der Waals surface area contributed by atoms with Gasteiger partial charge in [-0.15, -0.1) is 0 Å². The Morgan fingerprint density at radius 2 is 1.95 bits per heavy atom. The van der Waals surface area contributed by atoms with Crippen molar-refractivity contribution in [3.8, 4) is 0 Å². The molecule has 0 amide bonds. The summed E-state index contributed by atoms with van der Waals surface area (Å²) in [5, 5.41) is 0.203. The fourth-order valence-corrected chi connectivity index (χ4v) is 4.76. The fourth-order valence-electron chi connectivity index (χ4n) is 2.00. The number of anilines is 1. The van der Waals surface area contributed by atoms with Gasteiger partial charge in [0.2, 0.25) is 10.0 Å². The lowest BCUT2D eigenvalue weighted by Crippen LogP contribution is -2.39. The zero-order valence-corrected chi connectivity index (χ0v) is 14.5. The van der Waals surface area contributed by atoms with Crippen LogP contribution in [0.2, 0.25) is 10.0 Å². The third kappa shape index (κ3) is 4.40. The standard InChI is InChI=1S/C12H17Cl2N3O2S2/c13-9-1-2-10(11(14)12(9)15)21(18,19)16-3-4-17-5-7-20-8-6-17/h1-2,16H,3-8,15H2. The molecule has 3 N–H and O–H groups in total. The monoisotopic (exact) mass is 369 g/mol. The molecule has 2 rings (SSSR count). The van der Waals surface area contributed by atoms with Gasteiger partial charge >= 0.3 is 0 Å². The van der Waals surface area contributed by atoms with Crippen molar-refractivity contribution in [3.63, 3.8) is 0 Å². The summed E-state index contributed by atoms with van der Waals surface area (Å²) >= 11 is 13.7. The molecule has 1 fully saturated rings. The smallest absolute Gasteiger partial charge is 0.242 e. The van der Waals surface area contributed by atoms with Crippen LogP contribution in [0.3, 0.4) is 0 Å². The van der Waals surface area contributed by atoms with Crippen LogP contribution >= 0.6 is 35.0 Å². The van der Waals surface area contributed by atoms with Gasteiger partial charge in [0, 0.05) is 37.7 Å². The van der Waals surface area contributed by atoms with Crippen molar-refractivity contribution in [2.75, 3.05) is 43.4 Å². The summed E-state index contributed by atoms with van der Waals surface area (Å²) in [6.45, 7) is 2.99. The van der Waals surface area contributed by atoms with Crippen molar-refractivity contribution in [1.29, 1.82) is 0 Å². The molecule has 5 nitrogen and oxygen atoms in total. The first kappa shape index (κ1) is 17.2. The Morgan fingerprint density at radius 1 is 1.29 bits per heavy atom. The zero-order valence-electron chi connectivity index (χ0n) is 11.3. The van der Waals surface area contributed by atoms with Gasteiger partial charge in [0.1, 0.15) is 4.90 Å². The molecule has 1 heterocycles. The molecule has 118 valence electrons. The Hall–Kier alpha value is -0.180. The highest BCUT2D eigenvalue weighted by atomic mass is 35.5. The van der Waals surface area contributed by atoms with Gasteiger partial charge in [0.05, 0.1) is 15.7 Å². The molecule has 1 aromatic carbocycles. The maximum atomic E-state index is 12.2. The van der Waals surface area contributed by atoms with Crippen LogP contribution in [-0.4, -0.2) is 51.0 Å². The molecule has 21 heavy (non-hydrogen) atoms. The first-order valence-corrected chi connectivity index (χ1v) is 9.84. The van der Waals surface area contributed by atoms with Gasteiger partial charge in [-0.25, -0.2) is 13.1 Å². The number of rotatable bonds is 5. The van der Waals surface area contributed by atoms with E-state index in [9.17, 15) is 8.42 Å². The molecule has 1 aromatic rings. The topological polar surface area (TPSA) is 75.4 Å². The van der Waals surface area contributed by atoms with Crippen molar-refractivity contribution >= 4 is 50.7 Å². The van der Waals surface area contributed by atoms with E-state index in [2.05, 4.69) is 9.62 Å². The van der Waals surface area contributed by atoms with Gasteiger partial charge in [0.25, 0.3) is 0 Å².